The zero-order valence-corrected chi connectivity index (χ0v) is 24.6. The number of carbonyl (C=O) groups is 2. The fraction of sp³-hybridized carbons (Fsp3) is 0.419. The average molecular weight is 550 g/mol. The molecule has 1 amide bonds. The van der Waals surface area contributed by atoms with Crippen LogP contribution >= 0.6 is 12.1 Å². The van der Waals surface area contributed by atoms with Crippen molar-refractivity contribution >= 4 is 41.0 Å². The highest BCUT2D eigenvalue weighted by molar-refractivity contribution is 7.95. The highest BCUT2D eigenvalue weighted by atomic mass is 32.2. The van der Waals surface area contributed by atoms with Crippen LogP contribution in [0.1, 0.15) is 73.4 Å². The number of methoxy groups -OCH3 is 2. The third kappa shape index (κ3) is 5.87. The van der Waals surface area contributed by atoms with E-state index in [1.54, 1.807) is 7.11 Å². The predicted octanol–water partition coefficient (Wildman–Crippen LogP) is 6.82. The van der Waals surface area contributed by atoms with Crippen molar-refractivity contribution in [3.63, 3.8) is 0 Å². The standard InChI is InChI=1S/C29H33N3O4S.C2H6/c1-31(2)37-30-28(33)19-10-12-24-25(16-19)32-17-21(29(34)36-4)14-20-15-22(35-3)11-13-23(20)27(32)26(24)18-8-6-5-7-9-18;1-2/h10-16,18H,5-9,17H2,1-4H3,(H,30,33);1-2H3. The summed E-state index contributed by atoms with van der Waals surface area (Å²) in [6.07, 6.45) is 7.87. The minimum absolute atomic E-state index is 0.155. The molecule has 0 saturated heterocycles. The zero-order chi connectivity index (χ0) is 28.1. The molecule has 0 bridgehead atoms. The van der Waals surface area contributed by atoms with Gasteiger partial charge in [-0.05, 0) is 80.4 Å². The van der Waals surface area contributed by atoms with E-state index >= 15 is 0 Å². The molecule has 0 atom stereocenters. The molecule has 3 aromatic rings. The van der Waals surface area contributed by atoms with Gasteiger partial charge in [0.05, 0.1) is 32.0 Å². The average Bonchev–Trinajstić information content (AvgIpc) is 3.18. The van der Waals surface area contributed by atoms with Gasteiger partial charge in [-0.3, -0.25) is 9.52 Å². The Labute approximate surface area is 235 Å². The molecule has 1 saturated carbocycles. The number of esters is 1. The molecule has 1 fully saturated rings. The molecule has 8 heteroatoms. The van der Waals surface area contributed by atoms with E-state index in [0.29, 0.717) is 23.6 Å². The number of hydrogen-bond acceptors (Lipinski definition) is 6. The number of amides is 1. The molecule has 208 valence electrons. The van der Waals surface area contributed by atoms with Crippen LogP contribution in [0.3, 0.4) is 0 Å². The number of nitrogens with one attached hydrogen (secondary N) is 1. The van der Waals surface area contributed by atoms with Gasteiger partial charge in [0.15, 0.2) is 0 Å². The maximum atomic E-state index is 13.0. The molecular formula is C31H39N3O4S. The Morgan fingerprint density at radius 2 is 1.77 bits per heavy atom. The molecule has 0 unspecified atom stereocenters. The van der Waals surface area contributed by atoms with Crippen molar-refractivity contribution in [2.24, 2.45) is 0 Å². The molecule has 0 radical (unpaired) electrons. The van der Waals surface area contributed by atoms with Gasteiger partial charge in [0.2, 0.25) is 0 Å². The Hall–Kier alpha value is -3.23. The molecule has 2 heterocycles. The van der Waals surface area contributed by atoms with E-state index in [1.165, 1.54) is 44.1 Å². The predicted molar refractivity (Wildman–Crippen MR) is 160 cm³/mol. The lowest BCUT2D eigenvalue weighted by molar-refractivity contribution is -0.136. The number of nitrogens with zero attached hydrogens (tertiary/aromatic N) is 2. The maximum absolute atomic E-state index is 13.0. The quantitative estimate of drug-likeness (QED) is 0.269. The molecule has 39 heavy (non-hydrogen) atoms. The van der Waals surface area contributed by atoms with Crippen molar-refractivity contribution in [1.29, 1.82) is 0 Å². The SMILES string of the molecule is CC.COC(=O)C1=Cc2cc(OC)ccc2-c2c(C3CCCCC3)c3ccc(C(=O)NSN(C)C)cc3n2C1. The summed E-state index contributed by atoms with van der Waals surface area (Å²) < 4.78 is 17.6. The number of fused-ring (bicyclic) bond motifs is 5. The van der Waals surface area contributed by atoms with Crippen LogP contribution in [0, 0.1) is 0 Å². The molecule has 0 spiro atoms. The molecule has 7 nitrogen and oxygen atoms in total. The third-order valence-electron chi connectivity index (χ3n) is 7.32. The van der Waals surface area contributed by atoms with Crippen molar-refractivity contribution in [2.45, 2.75) is 58.4 Å². The summed E-state index contributed by atoms with van der Waals surface area (Å²) >= 11 is 1.25. The Bertz CT molecular complexity index is 1390. The Balaban J connectivity index is 0.00000172. The molecule has 2 aliphatic rings. The summed E-state index contributed by atoms with van der Waals surface area (Å²) in [6.45, 7) is 4.36. The summed E-state index contributed by atoms with van der Waals surface area (Å²) in [4.78, 5) is 25.8. The first-order valence-corrected chi connectivity index (χ1v) is 14.5. The van der Waals surface area contributed by atoms with E-state index < -0.39 is 0 Å². The smallest absolute Gasteiger partial charge is 0.335 e. The highest BCUT2D eigenvalue weighted by Gasteiger charge is 2.30. The van der Waals surface area contributed by atoms with E-state index in [-0.39, 0.29) is 11.9 Å². The highest BCUT2D eigenvalue weighted by Crippen LogP contribution is 2.47. The van der Waals surface area contributed by atoms with E-state index in [2.05, 4.69) is 21.4 Å². The fourth-order valence-corrected chi connectivity index (χ4v) is 6.01. The number of benzene rings is 2. The molecular weight excluding hydrogens is 510 g/mol. The molecule has 2 aromatic carbocycles. The van der Waals surface area contributed by atoms with Gasteiger partial charge in [-0.2, -0.15) is 0 Å². The second-order valence-electron chi connectivity index (χ2n) is 9.86. The zero-order valence-electron chi connectivity index (χ0n) is 23.8. The monoisotopic (exact) mass is 549 g/mol. The summed E-state index contributed by atoms with van der Waals surface area (Å²) in [5, 5.41) is 1.14. The van der Waals surface area contributed by atoms with E-state index in [0.717, 1.165) is 46.3 Å². The van der Waals surface area contributed by atoms with Crippen molar-refractivity contribution in [3.05, 3.63) is 58.7 Å². The molecule has 1 N–H and O–H groups in total. The summed E-state index contributed by atoms with van der Waals surface area (Å²) in [5.41, 5.74) is 6.52. The lowest BCUT2D eigenvalue weighted by Crippen LogP contribution is -2.20. The van der Waals surface area contributed by atoms with E-state index in [4.69, 9.17) is 9.47 Å². The minimum Gasteiger partial charge on any atom is -0.497 e. The number of carbonyl (C=O) groups excluding carboxylic acids is 2. The molecule has 5 rings (SSSR count). The van der Waals surface area contributed by atoms with Gasteiger partial charge >= 0.3 is 5.97 Å². The van der Waals surface area contributed by atoms with Crippen LogP contribution in [0.4, 0.5) is 0 Å². The third-order valence-corrected chi connectivity index (χ3v) is 7.96. The van der Waals surface area contributed by atoms with Gasteiger partial charge in [0.25, 0.3) is 5.91 Å². The first-order valence-electron chi connectivity index (χ1n) is 13.7. The summed E-state index contributed by atoms with van der Waals surface area (Å²) in [6, 6.07) is 12.0. The van der Waals surface area contributed by atoms with Crippen molar-refractivity contribution < 1.29 is 19.1 Å². The minimum atomic E-state index is -0.362. The van der Waals surface area contributed by atoms with Crippen LogP contribution in [0.2, 0.25) is 0 Å². The van der Waals surface area contributed by atoms with Gasteiger partial charge in [0, 0.05) is 34.2 Å². The first kappa shape index (κ1) is 28.8. The van der Waals surface area contributed by atoms with Crippen LogP contribution in [-0.2, 0) is 16.1 Å². The van der Waals surface area contributed by atoms with Gasteiger partial charge < -0.3 is 14.0 Å². The first-order chi connectivity index (χ1) is 18.9. The van der Waals surface area contributed by atoms with Gasteiger partial charge in [-0.1, -0.05) is 39.2 Å². The summed E-state index contributed by atoms with van der Waals surface area (Å²) in [7, 11) is 6.82. The lowest BCUT2D eigenvalue weighted by atomic mass is 9.81. The number of hydrogen-bond donors (Lipinski definition) is 1. The Kier molecular flexibility index (Phi) is 9.40. The van der Waals surface area contributed by atoms with Crippen LogP contribution < -0.4 is 9.46 Å². The Morgan fingerprint density at radius 1 is 1.03 bits per heavy atom. The van der Waals surface area contributed by atoms with Crippen molar-refractivity contribution in [1.82, 2.24) is 13.6 Å². The molecule has 1 aliphatic carbocycles. The number of ether oxygens (including phenoxy) is 2. The van der Waals surface area contributed by atoms with Crippen LogP contribution in [-0.4, -0.2) is 49.1 Å². The van der Waals surface area contributed by atoms with Crippen LogP contribution in [0.15, 0.2) is 42.0 Å². The van der Waals surface area contributed by atoms with Crippen LogP contribution in [0.5, 0.6) is 5.75 Å². The van der Waals surface area contributed by atoms with E-state index in [9.17, 15) is 9.59 Å². The van der Waals surface area contributed by atoms with Gasteiger partial charge in [-0.15, -0.1) is 0 Å². The lowest BCUT2D eigenvalue weighted by Gasteiger charge is -2.24. The normalized spacial score (nSPS) is 14.9. The van der Waals surface area contributed by atoms with Gasteiger partial charge in [0.1, 0.15) is 5.75 Å². The number of rotatable bonds is 6. The second kappa shape index (κ2) is 12.7. The maximum Gasteiger partial charge on any atom is 0.335 e. The molecule has 1 aromatic heterocycles. The molecule has 1 aliphatic heterocycles. The van der Waals surface area contributed by atoms with Crippen molar-refractivity contribution in [2.75, 3.05) is 28.3 Å². The summed E-state index contributed by atoms with van der Waals surface area (Å²) in [5.74, 6) is 0.642. The Morgan fingerprint density at radius 3 is 2.44 bits per heavy atom. The van der Waals surface area contributed by atoms with Crippen molar-refractivity contribution in [3.8, 4) is 17.0 Å². The second-order valence-corrected chi connectivity index (χ2v) is 11.0. The van der Waals surface area contributed by atoms with E-state index in [1.807, 2.05) is 62.6 Å². The van der Waals surface area contributed by atoms with Crippen LogP contribution in [0.25, 0.3) is 28.2 Å². The fourth-order valence-electron chi connectivity index (χ4n) is 5.63. The number of aromatic nitrogens is 1. The topological polar surface area (TPSA) is 72.8 Å². The largest absolute Gasteiger partial charge is 0.497 e. The van der Waals surface area contributed by atoms with Gasteiger partial charge in [-0.25, -0.2) is 9.10 Å².